The molecule has 0 aliphatic rings. The van der Waals surface area contributed by atoms with Crippen LogP contribution in [-0.4, -0.2) is 20.6 Å². The molecule has 0 aliphatic heterocycles. The molecule has 0 aromatic heterocycles. The Morgan fingerprint density at radius 1 is 1.04 bits per heavy atom. The lowest BCUT2D eigenvalue weighted by Gasteiger charge is -2.12. The van der Waals surface area contributed by atoms with E-state index in [0.717, 1.165) is 0 Å². The second-order valence-electron chi connectivity index (χ2n) is 4.44. The SMILES string of the molecule is CNS(=O)(=O)c1ccc(NC(=S)Nc2cc(Cl)ccc2Cl)cc1. The van der Waals surface area contributed by atoms with Gasteiger partial charge < -0.3 is 10.6 Å². The molecule has 2 aromatic rings. The van der Waals surface area contributed by atoms with Gasteiger partial charge in [-0.3, -0.25) is 0 Å². The van der Waals surface area contributed by atoms with E-state index in [4.69, 9.17) is 35.4 Å². The second kappa shape index (κ2) is 7.46. The molecule has 0 radical (unpaired) electrons. The molecule has 2 aromatic carbocycles. The summed E-state index contributed by atoms with van der Waals surface area (Å²) in [6, 6.07) is 11.2. The van der Waals surface area contributed by atoms with E-state index in [1.54, 1.807) is 30.3 Å². The lowest BCUT2D eigenvalue weighted by molar-refractivity contribution is 0.588. The standard InChI is InChI=1S/C14H13Cl2N3O2S2/c1-17-23(20,21)11-5-3-10(4-6-11)18-14(22)19-13-8-9(15)2-7-12(13)16/h2-8,17H,1H3,(H2,18,19,22). The minimum absolute atomic E-state index is 0.169. The summed E-state index contributed by atoms with van der Waals surface area (Å²) >= 11 is 17.2. The Bertz CT molecular complexity index is 824. The fourth-order valence-corrected chi connectivity index (χ4v) is 3.01. The Hall–Kier alpha value is -1.38. The average molecular weight is 390 g/mol. The molecule has 0 bridgehead atoms. The van der Waals surface area contributed by atoms with Crippen LogP contribution in [0.25, 0.3) is 0 Å². The smallest absolute Gasteiger partial charge is 0.240 e. The van der Waals surface area contributed by atoms with Crippen molar-refractivity contribution in [2.75, 3.05) is 17.7 Å². The lowest BCUT2D eigenvalue weighted by Crippen LogP contribution is -2.20. The van der Waals surface area contributed by atoms with E-state index in [0.29, 0.717) is 26.5 Å². The van der Waals surface area contributed by atoms with Gasteiger partial charge in [0.15, 0.2) is 5.11 Å². The Kier molecular flexibility index (Phi) is 5.83. The summed E-state index contributed by atoms with van der Waals surface area (Å²) in [5.41, 5.74) is 1.21. The summed E-state index contributed by atoms with van der Waals surface area (Å²) in [5.74, 6) is 0. The number of sulfonamides is 1. The molecule has 0 spiro atoms. The van der Waals surface area contributed by atoms with Crippen molar-refractivity contribution in [2.45, 2.75) is 4.90 Å². The molecule has 23 heavy (non-hydrogen) atoms. The molecule has 2 rings (SSSR count). The molecule has 0 amide bonds. The first-order valence-electron chi connectivity index (χ1n) is 6.38. The number of nitrogens with one attached hydrogen (secondary N) is 3. The Morgan fingerprint density at radius 3 is 2.30 bits per heavy atom. The van der Waals surface area contributed by atoms with E-state index in [1.807, 2.05) is 0 Å². The lowest BCUT2D eigenvalue weighted by atomic mass is 10.3. The molecule has 5 nitrogen and oxygen atoms in total. The largest absolute Gasteiger partial charge is 0.332 e. The summed E-state index contributed by atoms with van der Waals surface area (Å²) in [5, 5.41) is 7.18. The van der Waals surface area contributed by atoms with E-state index in [1.165, 1.54) is 19.2 Å². The van der Waals surface area contributed by atoms with Crippen LogP contribution < -0.4 is 15.4 Å². The predicted molar refractivity (Wildman–Crippen MR) is 99.0 cm³/mol. The summed E-state index contributed by atoms with van der Waals surface area (Å²) < 4.78 is 25.5. The molecule has 0 fully saturated rings. The van der Waals surface area contributed by atoms with Crippen LogP contribution in [0.15, 0.2) is 47.4 Å². The van der Waals surface area contributed by atoms with Gasteiger partial charge in [-0.15, -0.1) is 0 Å². The van der Waals surface area contributed by atoms with Gasteiger partial charge in [-0.05, 0) is 61.7 Å². The Labute approximate surface area is 150 Å². The van der Waals surface area contributed by atoms with Crippen LogP contribution in [0.2, 0.25) is 10.0 Å². The third-order valence-corrected chi connectivity index (χ3v) is 5.07. The van der Waals surface area contributed by atoms with Crippen molar-refractivity contribution in [1.82, 2.24) is 4.72 Å². The van der Waals surface area contributed by atoms with Crippen molar-refractivity contribution in [3.63, 3.8) is 0 Å². The molecule has 0 atom stereocenters. The van der Waals surface area contributed by atoms with Crippen molar-refractivity contribution in [3.8, 4) is 0 Å². The maximum absolute atomic E-state index is 11.6. The van der Waals surface area contributed by atoms with E-state index >= 15 is 0 Å². The zero-order valence-corrected chi connectivity index (χ0v) is 15.1. The normalized spacial score (nSPS) is 11.1. The molecular formula is C14H13Cl2N3O2S2. The number of anilines is 2. The molecule has 0 unspecified atom stereocenters. The van der Waals surface area contributed by atoms with Crippen LogP contribution >= 0.6 is 35.4 Å². The first-order valence-corrected chi connectivity index (χ1v) is 9.03. The van der Waals surface area contributed by atoms with Gasteiger partial charge >= 0.3 is 0 Å². The minimum Gasteiger partial charge on any atom is -0.332 e. The highest BCUT2D eigenvalue weighted by Gasteiger charge is 2.10. The zero-order valence-electron chi connectivity index (χ0n) is 11.9. The van der Waals surface area contributed by atoms with E-state index in [9.17, 15) is 8.42 Å². The fraction of sp³-hybridized carbons (Fsp3) is 0.0714. The highest BCUT2D eigenvalue weighted by Crippen LogP contribution is 2.25. The van der Waals surface area contributed by atoms with Crippen molar-refractivity contribution < 1.29 is 8.42 Å². The number of thiocarbonyl (C=S) groups is 1. The molecule has 9 heteroatoms. The van der Waals surface area contributed by atoms with E-state index in [-0.39, 0.29) is 4.90 Å². The highest BCUT2D eigenvalue weighted by molar-refractivity contribution is 7.89. The number of benzene rings is 2. The topological polar surface area (TPSA) is 70.2 Å². The molecular weight excluding hydrogens is 377 g/mol. The van der Waals surface area contributed by atoms with Crippen molar-refractivity contribution in [1.29, 1.82) is 0 Å². The Morgan fingerprint density at radius 2 is 1.70 bits per heavy atom. The van der Waals surface area contributed by atoms with Crippen LogP contribution in [-0.2, 0) is 10.0 Å². The van der Waals surface area contributed by atoms with Crippen molar-refractivity contribution in [3.05, 3.63) is 52.5 Å². The zero-order chi connectivity index (χ0) is 17.0. The third-order valence-electron chi connectivity index (χ3n) is 2.87. The van der Waals surface area contributed by atoms with E-state index < -0.39 is 10.0 Å². The van der Waals surface area contributed by atoms with Gasteiger partial charge in [0.2, 0.25) is 10.0 Å². The van der Waals surface area contributed by atoms with Crippen molar-refractivity contribution >= 4 is 61.9 Å². The number of hydrogen-bond acceptors (Lipinski definition) is 3. The van der Waals surface area contributed by atoms with Gasteiger partial charge in [0.1, 0.15) is 0 Å². The summed E-state index contributed by atoms with van der Waals surface area (Å²) in [6.45, 7) is 0. The monoisotopic (exact) mass is 389 g/mol. The number of rotatable bonds is 4. The molecule has 122 valence electrons. The first kappa shape index (κ1) is 18.0. The fourth-order valence-electron chi connectivity index (χ4n) is 1.71. The maximum Gasteiger partial charge on any atom is 0.240 e. The quantitative estimate of drug-likeness (QED) is 0.695. The van der Waals surface area contributed by atoms with Gasteiger partial charge in [-0.25, -0.2) is 13.1 Å². The van der Waals surface area contributed by atoms with Crippen LogP contribution in [0.5, 0.6) is 0 Å². The number of halogens is 2. The highest BCUT2D eigenvalue weighted by atomic mass is 35.5. The summed E-state index contributed by atoms with van der Waals surface area (Å²) in [4.78, 5) is 0.169. The number of hydrogen-bond donors (Lipinski definition) is 3. The molecule has 0 saturated carbocycles. The minimum atomic E-state index is -3.46. The first-order chi connectivity index (χ1) is 10.8. The van der Waals surface area contributed by atoms with Crippen LogP contribution in [0.1, 0.15) is 0 Å². The molecule has 0 saturated heterocycles. The summed E-state index contributed by atoms with van der Waals surface area (Å²) in [6.07, 6.45) is 0. The average Bonchev–Trinajstić information content (AvgIpc) is 2.51. The van der Waals surface area contributed by atoms with Crippen LogP contribution in [0, 0.1) is 0 Å². The predicted octanol–water partition coefficient (Wildman–Crippen LogP) is 3.71. The third kappa shape index (κ3) is 4.79. The van der Waals surface area contributed by atoms with Crippen molar-refractivity contribution in [2.24, 2.45) is 0 Å². The molecule has 3 N–H and O–H groups in total. The molecule has 0 heterocycles. The van der Waals surface area contributed by atoms with Crippen LogP contribution in [0.4, 0.5) is 11.4 Å². The van der Waals surface area contributed by atoms with Gasteiger partial charge in [-0.2, -0.15) is 0 Å². The van der Waals surface area contributed by atoms with Crippen LogP contribution in [0.3, 0.4) is 0 Å². The van der Waals surface area contributed by atoms with Gasteiger partial charge in [0, 0.05) is 10.7 Å². The summed E-state index contributed by atoms with van der Waals surface area (Å²) in [7, 11) is -2.10. The maximum atomic E-state index is 11.6. The van der Waals surface area contributed by atoms with Gasteiger partial charge in [0.05, 0.1) is 15.6 Å². The van der Waals surface area contributed by atoms with Gasteiger partial charge in [0.25, 0.3) is 0 Å². The Balaban J connectivity index is 2.07. The van der Waals surface area contributed by atoms with E-state index in [2.05, 4.69) is 15.4 Å². The second-order valence-corrected chi connectivity index (χ2v) is 7.57. The van der Waals surface area contributed by atoms with Gasteiger partial charge in [-0.1, -0.05) is 23.2 Å². The molecule has 0 aliphatic carbocycles.